The Morgan fingerprint density at radius 3 is 2.71 bits per heavy atom. The van der Waals surface area contributed by atoms with Gasteiger partial charge in [-0.2, -0.15) is 13.5 Å². The van der Waals surface area contributed by atoms with Gasteiger partial charge in [0.15, 0.2) is 0 Å². The number of benzene rings is 1. The van der Waals surface area contributed by atoms with E-state index in [0.717, 1.165) is 17.8 Å². The van der Waals surface area contributed by atoms with Gasteiger partial charge in [-0.05, 0) is 38.1 Å². The lowest BCUT2D eigenvalue weighted by molar-refractivity contribution is 0.594. The van der Waals surface area contributed by atoms with E-state index in [1.807, 2.05) is 32.9 Å². The maximum absolute atomic E-state index is 12.5. The van der Waals surface area contributed by atoms with Crippen molar-refractivity contribution in [3.8, 4) is 0 Å². The molecule has 0 aliphatic heterocycles. The smallest absolute Gasteiger partial charge is 0.281 e. The Bertz CT molecular complexity index is 722. The van der Waals surface area contributed by atoms with E-state index in [2.05, 4.69) is 20.2 Å². The fourth-order valence-electron chi connectivity index (χ4n) is 2.02. The van der Waals surface area contributed by atoms with Crippen LogP contribution in [0.2, 0.25) is 0 Å². The molecule has 0 aliphatic rings. The van der Waals surface area contributed by atoms with Gasteiger partial charge in [0.1, 0.15) is 0 Å². The summed E-state index contributed by atoms with van der Waals surface area (Å²) in [5.41, 5.74) is 2.93. The van der Waals surface area contributed by atoms with Crippen LogP contribution in [0.1, 0.15) is 23.7 Å². The summed E-state index contributed by atoms with van der Waals surface area (Å²) in [5.74, 6) is 0. The van der Waals surface area contributed by atoms with Crippen molar-refractivity contribution in [1.29, 1.82) is 0 Å². The summed E-state index contributed by atoms with van der Waals surface area (Å²) < 4.78 is 27.5. The molecule has 0 saturated heterocycles. The van der Waals surface area contributed by atoms with Crippen LogP contribution in [0.25, 0.3) is 0 Å². The molecule has 0 atom stereocenters. The van der Waals surface area contributed by atoms with E-state index in [1.54, 1.807) is 12.1 Å². The molecule has 7 heteroatoms. The minimum absolute atomic E-state index is 0.0439. The first kappa shape index (κ1) is 15.5. The first-order chi connectivity index (χ1) is 9.94. The average molecular weight is 308 g/mol. The number of nitrogens with one attached hydrogen (secondary N) is 3. The van der Waals surface area contributed by atoms with Gasteiger partial charge in [-0.25, -0.2) is 0 Å². The molecule has 3 N–H and O–H groups in total. The third kappa shape index (κ3) is 3.62. The molecule has 2 aromatic rings. The van der Waals surface area contributed by atoms with Gasteiger partial charge in [0.2, 0.25) is 5.03 Å². The van der Waals surface area contributed by atoms with Crippen LogP contribution < -0.4 is 10.0 Å². The van der Waals surface area contributed by atoms with Crippen LogP contribution in [0.3, 0.4) is 0 Å². The van der Waals surface area contributed by atoms with Crippen LogP contribution in [0.4, 0.5) is 5.69 Å². The van der Waals surface area contributed by atoms with Gasteiger partial charge in [-0.3, -0.25) is 9.82 Å². The molecule has 0 radical (unpaired) electrons. The molecular formula is C14H20N4O2S. The molecule has 0 spiro atoms. The molecule has 0 unspecified atom stereocenters. The third-order valence-electron chi connectivity index (χ3n) is 3.11. The van der Waals surface area contributed by atoms with E-state index in [-0.39, 0.29) is 5.03 Å². The molecule has 2 rings (SSSR count). The number of nitrogens with zero attached hydrogens (tertiary/aromatic N) is 1. The highest BCUT2D eigenvalue weighted by molar-refractivity contribution is 7.92. The molecule has 0 saturated carbocycles. The average Bonchev–Trinajstić information content (AvgIpc) is 2.78. The highest BCUT2D eigenvalue weighted by Crippen LogP contribution is 2.20. The number of anilines is 1. The Kier molecular flexibility index (Phi) is 4.64. The summed E-state index contributed by atoms with van der Waals surface area (Å²) in [4.78, 5) is 0. The number of aromatic nitrogens is 2. The fourth-order valence-corrected chi connectivity index (χ4v) is 3.27. The first-order valence-electron chi connectivity index (χ1n) is 6.78. The van der Waals surface area contributed by atoms with Crippen molar-refractivity contribution >= 4 is 15.7 Å². The normalized spacial score (nSPS) is 11.6. The molecule has 1 aromatic carbocycles. The summed E-state index contributed by atoms with van der Waals surface area (Å²) in [7, 11) is -3.70. The zero-order valence-corrected chi connectivity index (χ0v) is 13.2. The van der Waals surface area contributed by atoms with Crippen molar-refractivity contribution in [2.45, 2.75) is 32.3 Å². The molecular weight excluding hydrogens is 288 g/mol. The lowest BCUT2D eigenvalue weighted by Gasteiger charge is -2.09. The van der Waals surface area contributed by atoms with Gasteiger partial charge in [-0.1, -0.05) is 19.1 Å². The summed E-state index contributed by atoms with van der Waals surface area (Å²) in [6, 6.07) is 7.21. The van der Waals surface area contributed by atoms with E-state index in [0.29, 0.717) is 17.8 Å². The van der Waals surface area contributed by atoms with E-state index < -0.39 is 10.0 Å². The molecule has 1 aromatic heterocycles. The van der Waals surface area contributed by atoms with E-state index in [1.165, 1.54) is 0 Å². The van der Waals surface area contributed by atoms with E-state index in [9.17, 15) is 8.42 Å². The Morgan fingerprint density at radius 1 is 1.29 bits per heavy atom. The monoisotopic (exact) mass is 308 g/mol. The number of aromatic amines is 1. The highest BCUT2D eigenvalue weighted by atomic mass is 32.2. The topological polar surface area (TPSA) is 86.9 Å². The predicted octanol–water partition coefficient (Wildman–Crippen LogP) is 1.94. The maximum Gasteiger partial charge on any atom is 0.281 e. The Hall–Kier alpha value is -1.86. The first-order valence-corrected chi connectivity index (χ1v) is 8.26. The van der Waals surface area contributed by atoms with Crippen molar-refractivity contribution in [3.63, 3.8) is 0 Å². The Morgan fingerprint density at radius 2 is 2.05 bits per heavy atom. The molecule has 6 nitrogen and oxygen atoms in total. The maximum atomic E-state index is 12.5. The second kappa shape index (κ2) is 6.28. The van der Waals surface area contributed by atoms with Crippen LogP contribution in [0.15, 0.2) is 29.3 Å². The molecule has 0 aliphatic carbocycles. The molecule has 1 heterocycles. The number of hydrogen-bond donors (Lipinski definition) is 3. The van der Waals surface area contributed by atoms with E-state index >= 15 is 0 Å². The van der Waals surface area contributed by atoms with Gasteiger partial charge in [0.25, 0.3) is 10.0 Å². The van der Waals surface area contributed by atoms with Gasteiger partial charge >= 0.3 is 0 Å². The van der Waals surface area contributed by atoms with Crippen LogP contribution in [-0.4, -0.2) is 25.2 Å². The van der Waals surface area contributed by atoms with Gasteiger partial charge in [-0.15, -0.1) is 0 Å². The standard InChI is InChI=1S/C14H20N4O2S/c1-4-15-9-13-11(3)16-17-14(13)21(19,20)18-12-7-5-6-10(2)8-12/h5-8,15,18H,4,9H2,1-3H3,(H,16,17). The summed E-state index contributed by atoms with van der Waals surface area (Å²) in [6.07, 6.45) is 0. The Labute approximate surface area is 125 Å². The summed E-state index contributed by atoms with van der Waals surface area (Å²) in [5, 5.41) is 9.85. The third-order valence-corrected chi connectivity index (χ3v) is 4.46. The number of H-pyrrole nitrogens is 1. The largest absolute Gasteiger partial charge is 0.313 e. The van der Waals surface area contributed by atoms with Gasteiger partial charge in [0, 0.05) is 23.5 Å². The van der Waals surface area contributed by atoms with Gasteiger partial charge in [0.05, 0.1) is 0 Å². The van der Waals surface area contributed by atoms with Crippen molar-refractivity contribution in [1.82, 2.24) is 15.5 Å². The number of hydrogen-bond acceptors (Lipinski definition) is 4. The minimum Gasteiger partial charge on any atom is -0.313 e. The predicted molar refractivity (Wildman–Crippen MR) is 82.7 cm³/mol. The van der Waals surface area contributed by atoms with Crippen molar-refractivity contribution in [3.05, 3.63) is 41.1 Å². The van der Waals surface area contributed by atoms with E-state index in [4.69, 9.17) is 0 Å². The fraction of sp³-hybridized carbons (Fsp3) is 0.357. The summed E-state index contributed by atoms with van der Waals surface area (Å²) in [6.45, 7) is 6.91. The lowest BCUT2D eigenvalue weighted by atomic mass is 10.2. The van der Waals surface area contributed by atoms with Crippen LogP contribution in [0, 0.1) is 13.8 Å². The minimum atomic E-state index is -3.70. The molecule has 0 amide bonds. The van der Waals surface area contributed by atoms with Gasteiger partial charge < -0.3 is 5.32 Å². The number of sulfonamides is 1. The summed E-state index contributed by atoms with van der Waals surface area (Å²) >= 11 is 0. The van der Waals surface area contributed by atoms with Crippen molar-refractivity contribution < 1.29 is 8.42 Å². The number of rotatable bonds is 6. The molecule has 0 bridgehead atoms. The quantitative estimate of drug-likeness (QED) is 0.761. The second-order valence-corrected chi connectivity index (χ2v) is 6.49. The zero-order chi connectivity index (χ0) is 15.5. The van der Waals surface area contributed by atoms with Crippen LogP contribution in [0.5, 0.6) is 0 Å². The zero-order valence-electron chi connectivity index (χ0n) is 12.4. The molecule has 114 valence electrons. The van der Waals surface area contributed by atoms with Crippen LogP contribution in [-0.2, 0) is 16.6 Å². The SMILES string of the molecule is CCNCc1c(S(=O)(=O)Nc2cccc(C)c2)n[nH]c1C. The van der Waals surface area contributed by atoms with Crippen LogP contribution >= 0.6 is 0 Å². The van der Waals surface area contributed by atoms with Crippen molar-refractivity contribution in [2.24, 2.45) is 0 Å². The second-order valence-electron chi connectivity index (χ2n) is 4.89. The highest BCUT2D eigenvalue weighted by Gasteiger charge is 2.23. The Balaban J connectivity index is 2.31. The van der Waals surface area contributed by atoms with Crippen molar-refractivity contribution in [2.75, 3.05) is 11.3 Å². The number of aryl methyl sites for hydroxylation is 2. The molecule has 0 fully saturated rings. The lowest BCUT2D eigenvalue weighted by Crippen LogP contribution is -2.19. The molecule has 21 heavy (non-hydrogen) atoms.